The fourth-order valence-electron chi connectivity index (χ4n) is 2.74. The first-order valence-electron chi connectivity index (χ1n) is 7.80. The van der Waals surface area contributed by atoms with Crippen LogP contribution >= 0.6 is 23.1 Å². The summed E-state index contributed by atoms with van der Waals surface area (Å²) in [5.74, 6) is -1.27. The van der Waals surface area contributed by atoms with E-state index in [0.717, 1.165) is 35.0 Å². The molecule has 0 atom stereocenters. The normalized spacial score (nSPS) is 13.9. The molecule has 2 aromatic heterocycles. The van der Waals surface area contributed by atoms with Crippen LogP contribution < -0.4 is 16.6 Å². The first-order chi connectivity index (χ1) is 12.5. The van der Waals surface area contributed by atoms with Gasteiger partial charge in [0.25, 0.3) is 5.56 Å². The quantitative estimate of drug-likeness (QED) is 0.736. The lowest BCUT2D eigenvalue weighted by atomic mass is 10.3. The average Bonchev–Trinajstić information content (AvgIpc) is 3.29. The summed E-state index contributed by atoms with van der Waals surface area (Å²) in [6.45, 7) is -0.358. The summed E-state index contributed by atoms with van der Waals surface area (Å²) in [7, 11) is 0. The smallest absolute Gasteiger partial charge is 0.322 e. The van der Waals surface area contributed by atoms with Gasteiger partial charge in [-0.25, -0.2) is 9.18 Å². The van der Waals surface area contributed by atoms with Gasteiger partial charge in [-0.05, 0) is 42.6 Å². The molecule has 4 rings (SSSR count). The Bertz CT molecular complexity index is 1150. The van der Waals surface area contributed by atoms with Crippen LogP contribution in [0, 0.1) is 5.82 Å². The van der Waals surface area contributed by atoms with E-state index >= 15 is 0 Å². The van der Waals surface area contributed by atoms with E-state index in [1.165, 1.54) is 16.7 Å². The molecule has 1 amide bonds. The molecule has 1 aromatic carbocycles. The van der Waals surface area contributed by atoms with Gasteiger partial charge in [0.15, 0.2) is 5.52 Å². The Morgan fingerprint density at radius 1 is 1.38 bits per heavy atom. The number of anilines is 1. The zero-order valence-electron chi connectivity index (χ0n) is 13.2. The van der Waals surface area contributed by atoms with Crippen molar-refractivity contribution in [3.63, 3.8) is 0 Å². The Labute approximate surface area is 154 Å². The first-order valence-corrected chi connectivity index (χ1v) is 9.01. The lowest BCUT2D eigenvalue weighted by molar-refractivity contribution is -0.116. The van der Waals surface area contributed by atoms with Crippen LogP contribution in [0.1, 0.15) is 18.9 Å². The fourth-order valence-corrected chi connectivity index (χ4v) is 3.56. The molecule has 0 saturated heterocycles. The third-order valence-electron chi connectivity index (χ3n) is 4.12. The van der Waals surface area contributed by atoms with E-state index in [9.17, 15) is 18.8 Å². The molecule has 1 N–H and O–H groups in total. The first kappa shape index (κ1) is 16.9. The van der Waals surface area contributed by atoms with Crippen molar-refractivity contribution in [3.05, 3.63) is 55.3 Å². The molecule has 10 heteroatoms. The van der Waals surface area contributed by atoms with Crippen LogP contribution in [0.25, 0.3) is 11.0 Å². The topological polar surface area (TPSA) is 86.0 Å². The third kappa shape index (κ3) is 2.93. The van der Waals surface area contributed by atoms with E-state index in [1.54, 1.807) is 5.38 Å². The average molecular weight is 395 g/mol. The van der Waals surface area contributed by atoms with Crippen molar-refractivity contribution in [2.24, 2.45) is 0 Å². The summed E-state index contributed by atoms with van der Waals surface area (Å²) in [5.41, 5.74) is -0.575. The number of rotatable bonds is 4. The number of carbonyl (C=O) groups is 1. The van der Waals surface area contributed by atoms with E-state index in [0.29, 0.717) is 5.52 Å². The number of halogens is 2. The van der Waals surface area contributed by atoms with Gasteiger partial charge in [-0.1, -0.05) is 11.6 Å². The van der Waals surface area contributed by atoms with Crippen molar-refractivity contribution >= 4 is 45.8 Å². The number of aromatic nitrogens is 3. The summed E-state index contributed by atoms with van der Waals surface area (Å²) < 4.78 is 20.2. The van der Waals surface area contributed by atoms with E-state index < -0.39 is 23.0 Å². The number of nitrogens with zero attached hydrogens (tertiary/aromatic N) is 3. The summed E-state index contributed by atoms with van der Waals surface area (Å²) >= 11 is 6.72. The van der Waals surface area contributed by atoms with Gasteiger partial charge in [-0.3, -0.25) is 18.7 Å². The van der Waals surface area contributed by atoms with Crippen LogP contribution in [0.4, 0.5) is 10.1 Å². The molecule has 0 unspecified atom stereocenters. The van der Waals surface area contributed by atoms with Crippen LogP contribution in [0.15, 0.2) is 33.2 Å². The van der Waals surface area contributed by atoms with Gasteiger partial charge < -0.3 is 5.32 Å². The second-order valence-corrected chi connectivity index (χ2v) is 7.06. The lowest BCUT2D eigenvalue weighted by Crippen LogP contribution is -2.41. The molecular weight excluding hydrogens is 383 g/mol. The summed E-state index contributed by atoms with van der Waals surface area (Å²) in [4.78, 5) is 37.5. The second-order valence-electron chi connectivity index (χ2n) is 6.00. The standard InChI is InChI=1S/C16H12ClFN4O3S/c17-8-1-4-11(10(18)5-8)19-13(23)6-21-12-7-26-20-14(12)15(24)22(16(21)25)9-2-3-9/h1,4-5,7,9H,2-3,6H2,(H,19,23). The van der Waals surface area contributed by atoms with Crippen molar-refractivity contribution in [2.45, 2.75) is 25.4 Å². The van der Waals surface area contributed by atoms with Crippen molar-refractivity contribution < 1.29 is 9.18 Å². The number of benzene rings is 1. The van der Waals surface area contributed by atoms with Gasteiger partial charge in [0, 0.05) is 16.4 Å². The van der Waals surface area contributed by atoms with E-state index in [-0.39, 0.29) is 28.8 Å². The van der Waals surface area contributed by atoms with Crippen LogP contribution in [-0.2, 0) is 11.3 Å². The van der Waals surface area contributed by atoms with E-state index in [2.05, 4.69) is 9.69 Å². The summed E-state index contributed by atoms with van der Waals surface area (Å²) in [6, 6.07) is 3.72. The molecule has 1 aliphatic rings. The monoisotopic (exact) mass is 394 g/mol. The molecule has 0 spiro atoms. The maximum absolute atomic E-state index is 13.8. The highest BCUT2D eigenvalue weighted by atomic mass is 35.5. The van der Waals surface area contributed by atoms with Gasteiger partial charge in [-0.15, -0.1) is 0 Å². The van der Waals surface area contributed by atoms with Crippen LogP contribution in [0.5, 0.6) is 0 Å². The van der Waals surface area contributed by atoms with Crippen molar-refractivity contribution in [3.8, 4) is 0 Å². The molecule has 7 nitrogen and oxygen atoms in total. The molecule has 1 fully saturated rings. The highest BCUT2D eigenvalue weighted by molar-refractivity contribution is 7.04. The Morgan fingerprint density at radius 2 is 2.15 bits per heavy atom. The van der Waals surface area contributed by atoms with Gasteiger partial charge in [0.2, 0.25) is 5.91 Å². The van der Waals surface area contributed by atoms with Crippen LogP contribution in [-0.4, -0.2) is 19.4 Å². The highest BCUT2D eigenvalue weighted by Gasteiger charge is 2.29. The van der Waals surface area contributed by atoms with Crippen molar-refractivity contribution in [1.29, 1.82) is 0 Å². The summed E-state index contributed by atoms with van der Waals surface area (Å²) in [6.07, 6.45) is 1.49. The van der Waals surface area contributed by atoms with Crippen LogP contribution in [0.3, 0.4) is 0 Å². The number of nitrogens with one attached hydrogen (secondary N) is 1. The Hall–Kier alpha value is -2.52. The molecule has 1 aliphatic carbocycles. The highest BCUT2D eigenvalue weighted by Crippen LogP contribution is 2.32. The fraction of sp³-hybridized carbons (Fsp3) is 0.250. The minimum atomic E-state index is -0.677. The molecule has 134 valence electrons. The Kier molecular flexibility index (Phi) is 4.12. The Morgan fingerprint density at radius 3 is 2.85 bits per heavy atom. The van der Waals surface area contributed by atoms with E-state index in [4.69, 9.17) is 11.6 Å². The summed E-state index contributed by atoms with van der Waals surface area (Å²) in [5, 5.41) is 4.17. The molecule has 3 aromatic rings. The third-order valence-corrected chi connectivity index (χ3v) is 4.97. The van der Waals surface area contributed by atoms with Crippen molar-refractivity contribution in [2.75, 3.05) is 5.32 Å². The van der Waals surface area contributed by atoms with Crippen molar-refractivity contribution in [1.82, 2.24) is 13.5 Å². The predicted molar refractivity (Wildman–Crippen MR) is 96.5 cm³/mol. The Balaban J connectivity index is 1.71. The molecule has 0 radical (unpaired) electrons. The number of carbonyl (C=O) groups excluding carboxylic acids is 1. The molecule has 0 aliphatic heterocycles. The van der Waals surface area contributed by atoms with Gasteiger partial charge in [-0.2, -0.15) is 4.37 Å². The number of fused-ring (bicyclic) bond motifs is 1. The zero-order valence-corrected chi connectivity index (χ0v) is 14.8. The largest absolute Gasteiger partial charge is 0.332 e. The lowest BCUT2D eigenvalue weighted by Gasteiger charge is -2.12. The molecule has 26 heavy (non-hydrogen) atoms. The number of hydrogen-bond acceptors (Lipinski definition) is 5. The van der Waals surface area contributed by atoms with Gasteiger partial charge >= 0.3 is 5.69 Å². The minimum Gasteiger partial charge on any atom is -0.322 e. The molecular formula is C16H12ClFN4O3S. The maximum atomic E-state index is 13.8. The minimum absolute atomic E-state index is 0.0392. The molecule has 0 bridgehead atoms. The van der Waals surface area contributed by atoms with E-state index in [1.807, 2.05) is 0 Å². The zero-order chi connectivity index (χ0) is 18.4. The van der Waals surface area contributed by atoms with Gasteiger partial charge in [0.1, 0.15) is 12.4 Å². The SMILES string of the molecule is O=C(Cn1c(=O)n(C2CC2)c(=O)c2nscc21)Nc1ccc(Cl)cc1F. The predicted octanol–water partition coefficient (Wildman–Crippen LogP) is 2.39. The molecule has 1 saturated carbocycles. The van der Waals surface area contributed by atoms with Crippen LogP contribution in [0.2, 0.25) is 5.02 Å². The number of hydrogen-bond donors (Lipinski definition) is 1. The maximum Gasteiger partial charge on any atom is 0.332 e. The second kappa shape index (κ2) is 6.33. The molecule has 2 heterocycles. The number of amides is 1. The van der Waals surface area contributed by atoms with Gasteiger partial charge in [0.05, 0.1) is 11.2 Å².